The molecule has 3 atom stereocenters. The molecule has 248 valence electrons. The van der Waals surface area contributed by atoms with Crippen molar-refractivity contribution < 1.29 is 17.9 Å². The van der Waals surface area contributed by atoms with Crippen LogP contribution in [0.25, 0.3) is 11.3 Å². The van der Waals surface area contributed by atoms with Crippen LogP contribution in [0.1, 0.15) is 88.2 Å². The van der Waals surface area contributed by atoms with Gasteiger partial charge in [-0.2, -0.15) is 10.2 Å². The fraction of sp³-hybridized carbons (Fsp3) is 0.424. The number of hydrogen-bond donors (Lipinski definition) is 2. The standard InChI is InChI=1S/C33H41N9O4S/c1-21(2)31-38-37-29-14-11-23(20-41(29)31)46-27-13-12-26(24-9-7-8-10-25(24)27)35-32(43)36-30-17-28(33(3,4)5)39-42(30)22-18-34-40(19-22)15-16-45-47(6)44/h7-11,14,17-21,26-27H,12-13,15-16H2,1-6H3,(H2,35,36,43)/t26?,27-,47?/m1/s1. The predicted molar refractivity (Wildman–Crippen MR) is 179 cm³/mol. The number of nitrogens with zero attached hydrogens (tertiary/aromatic N) is 7. The van der Waals surface area contributed by atoms with E-state index < -0.39 is 11.1 Å². The van der Waals surface area contributed by atoms with Crippen LogP contribution < -0.4 is 15.4 Å². The number of carbonyl (C=O) groups is 1. The number of hydrogen-bond acceptors (Lipinski definition) is 8. The molecule has 47 heavy (non-hydrogen) atoms. The van der Waals surface area contributed by atoms with Crippen LogP contribution in [0.2, 0.25) is 0 Å². The molecule has 0 spiro atoms. The van der Waals surface area contributed by atoms with E-state index in [9.17, 15) is 9.00 Å². The van der Waals surface area contributed by atoms with Gasteiger partial charge in [0.05, 0.1) is 43.5 Å². The van der Waals surface area contributed by atoms with Gasteiger partial charge in [-0.05, 0) is 36.1 Å². The zero-order valence-electron chi connectivity index (χ0n) is 27.5. The topological polar surface area (TPSA) is 142 Å². The van der Waals surface area contributed by atoms with Crippen LogP contribution in [-0.4, -0.2) is 57.3 Å². The molecule has 4 heterocycles. The van der Waals surface area contributed by atoms with Crippen LogP contribution in [-0.2, 0) is 27.2 Å². The van der Waals surface area contributed by atoms with Crippen LogP contribution in [0.5, 0.6) is 5.75 Å². The zero-order valence-corrected chi connectivity index (χ0v) is 28.3. The van der Waals surface area contributed by atoms with Gasteiger partial charge in [0.25, 0.3) is 0 Å². The van der Waals surface area contributed by atoms with Gasteiger partial charge in [0.1, 0.15) is 29.2 Å². The lowest BCUT2D eigenvalue weighted by Crippen LogP contribution is -2.36. The first-order valence-corrected chi connectivity index (χ1v) is 17.2. The Balaban J connectivity index is 1.18. The molecule has 6 rings (SSSR count). The summed E-state index contributed by atoms with van der Waals surface area (Å²) in [4.78, 5) is 13.5. The van der Waals surface area contributed by atoms with E-state index in [0.29, 0.717) is 24.5 Å². The molecule has 0 fully saturated rings. The SMILES string of the molecule is CC(C)c1nnc2ccc(O[C@@H]3CCC(NC(=O)Nc4cc(C(C)(C)C)nn4-c4cnn(CCOS(C)=O)c4)c4ccccc43)cn12. The van der Waals surface area contributed by atoms with Gasteiger partial charge in [-0.1, -0.05) is 58.9 Å². The lowest BCUT2D eigenvalue weighted by Gasteiger charge is -2.32. The molecule has 1 aromatic carbocycles. The molecule has 5 aromatic rings. The van der Waals surface area contributed by atoms with E-state index in [4.69, 9.17) is 14.0 Å². The number of rotatable bonds is 10. The molecule has 2 amide bonds. The number of ether oxygens (including phenoxy) is 1. The Hall–Kier alpha value is -4.56. The van der Waals surface area contributed by atoms with E-state index in [1.54, 1.807) is 15.6 Å². The Morgan fingerprint density at radius 1 is 1.09 bits per heavy atom. The molecule has 0 saturated carbocycles. The Bertz CT molecular complexity index is 1910. The van der Waals surface area contributed by atoms with E-state index >= 15 is 0 Å². The van der Waals surface area contributed by atoms with Crippen LogP contribution in [0.4, 0.5) is 10.6 Å². The summed E-state index contributed by atoms with van der Waals surface area (Å²) < 4.78 is 28.3. The normalized spacial score (nSPS) is 17.1. The van der Waals surface area contributed by atoms with Crippen molar-refractivity contribution in [2.45, 2.75) is 77.5 Å². The number of amides is 2. The van der Waals surface area contributed by atoms with Crippen molar-refractivity contribution in [3.63, 3.8) is 0 Å². The molecule has 1 aliphatic carbocycles. The third kappa shape index (κ3) is 7.23. The van der Waals surface area contributed by atoms with Crippen molar-refractivity contribution in [3.8, 4) is 11.4 Å². The second kappa shape index (κ2) is 13.3. The second-order valence-electron chi connectivity index (χ2n) is 13.0. The number of carbonyl (C=O) groups excluding carboxylic acids is 1. The average Bonchev–Trinajstić information content (AvgIpc) is 3.76. The summed E-state index contributed by atoms with van der Waals surface area (Å²) in [6.07, 6.45) is 8.17. The van der Waals surface area contributed by atoms with Gasteiger partial charge < -0.3 is 10.1 Å². The number of urea groups is 1. The number of benzene rings is 1. The molecule has 2 unspecified atom stereocenters. The molecular formula is C33H41N9O4S. The Kier molecular flexibility index (Phi) is 9.15. The highest BCUT2D eigenvalue weighted by Gasteiger charge is 2.30. The molecule has 0 bridgehead atoms. The van der Waals surface area contributed by atoms with E-state index in [1.165, 1.54) is 6.26 Å². The van der Waals surface area contributed by atoms with Gasteiger partial charge in [0.2, 0.25) is 0 Å². The molecule has 0 saturated heterocycles. The quantitative estimate of drug-likeness (QED) is 0.197. The van der Waals surface area contributed by atoms with Crippen molar-refractivity contribution in [1.82, 2.24) is 39.5 Å². The number of aromatic nitrogens is 7. The minimum absolute atomic E-state index is 0.168. The first-order chi connectivity index (χ1) is 22.5. The molecule has 1 aliphatic rings. The van der Waals surface area contributed by atoms with Crippen molar-refractivity contribution in [1.29, 1.82) is 0 Å². The van der Waals surface area contributed by atoms with Crippen molar-refractivity contribution in [2.24, 2.45) is 0 Å². The highest BCUT2D eigenvalue weighted by molar-refractivity contribution is 7.79. The van der Waals surface area contributed by atoms with Gasteiger partial charge in [-0.25, -0.2) is 13.7 Å². The second-order valence-corrected chi connectivity index (χ2v) is 14.1. The van der Waals surface area contributed by atoms with Gasteiger partial charge in [0.15, 0.2) is 16.7 Å². The smallest absolute Gasteiger partial charge is 0.320 e. The highest BCUT2D eigenvalue weighted by Crippen LogP contribution is 2.39. The van der Waals surface area contributed by atoms with Gasteiger partial charge in [-0.3, -0.25) is 18.6 Å². The van der Waals surface area contributed by atoms with E-state index in [0.717, 1.165) is 40.5 Å². The summed E-state index contributed by atoms with van der Waals surface area (Å²) in [6, 6.07) is 13.3. The summed E-state index contributed by atoms with van der Waals surface area (Å²) >= 11 is -1.35. The third-order valence-corrected chi connectivity index (χ3v) is 8.59. The van der Waals surface area contributed by atoms with Crippen LogP contribution in [0.15, 0.2) is 61.1 Å². The van der Waals surface area contributed by atoms with E-state index in [1.807, 2.05) is 53.2 Å². The van der Waals surface area contributed by atoms with E-state index in [-0.39, 0.29) is 36.1 Å². The molecule has 0 radical (unpaired) electrons. The Morgan fingerprint density at radius 2 is 1.87 bits per heavy atom. The first kappa shape index (κ1) is 32.4. The lowest BCUT2D eigenvalue weighted by molar-refractivity contribution is 0.171. The maximum absolute atomic E-state index is 13.5. The van der Waals surface area contributed by atoms with Crippen molar-refractivity contribution in [3.05, 3.63) is 83.7 Å². The molecule has 14 heteroatoms. The Labute approximate surface area is 276 Å². The van der Waals surface area contributed by atoms with Crippen molar-refractivity contribution >= 4 is 28.6 Å². The molecule has 13 nitrogen and oxygen atoms in total. The van der Waals surface area contributed by atoms with Crippen LogP contribution >= 0.6 is 0 Å². The van der Waals surface area contributed by atoms with Crippen LogP contribution in [0, 0.1) is 0 Å². The number of fused-ring (bicyclic) bond motifs is 2. The molecule has 2 N–H and O–H groups in total. The number of anilines is 1. The minimum atomic E-state index is -1.35. The maximum atomic E-state index is 13.5. The summed E-state index contributed by atoms with van der Waals surface area (Å²) in [7, 11) is 0. The largest absolute Gasteiger partial charge is 0.484 e. The number of nitrogens with one attached hydrogen (secondary N) is 2. The predicted octanol–water partition coefficient (Wildman–Crippen LogP) is 5.62. The summed E-state index contributed by atoms with van der Waals surface area (Å²) in [5.41, 5.74) is 4.10. The molecule has 0 aliphatic heterocycles. The fourth-order valence-corrected chi connectivity index (χ4v) is 6.03. The lowest BCUT2D eigenvalue weighted by atomic mass is 9.85. The monoisotopic (exact) mass is 659 g/mol. The van der Waals surface area contributed by atoms with Gasteiger partial charge in [-0.15, -0.1) is 10.2 Å². The van der Waals surface area contributed by atoms with Gasteiger partial charge >= 0.3 is 6.03 Å². The first-order valence-electron chi connectivity index (χ1n) is 15.7. The highest BCUT2D eigenvalue weighted by atomic mass is 32.2. The zero-order chi connectivity index (χ0) is 33.3. The molecule has 4 aromatic heterocycles. The number of pyridine rings is 1. The van der Waals surface area contributed by atoms with Gasteiger partial charge in [0, 0.05) is 23.7 Å². The minimum Gasteiger partial charge on any atom is -0.484 e. The average molecular weight is 660 g/mol. The van der Waals surface area contributed by atoms with Crippen molar-refractivity contribution in [2.75, 3.05) is 18.2 Å². The summed E-state index contributed by atoms with van der Waals surface area (Å²) in [5, 5.41) is 24.0. The Morgan fingerprint density at radius 3 is 2.62 bits per heavy atom. The third-order valence-electron chi connectivity index (χ3n) is 8.09. The summed E-state index contributed by atoms with van der Waals surface area (Å²) in [5.74, 6) is 2.37. The van der Waals surface area contributed by atoms with Crippen LogP contribution in [0.3, 0.4) is 0 Å². The van der Waals surface area contributed by atoms with E-state index in [2.05, 4.69) is 66.6 Å². The summed E-state index contributed by atoms with van der Waals surface area (Å²) in [6.45, 7) is 11.1. The maximum Gasteiger partial charge on any atom is 0.320 e. The fourth-order valence-electron chi connectivity index (χ4n) is 5.72. The molecular weight excluding hydrogens is 618 g/mol.